The molecule has 0 spiro atoms. The van der Waals surface area contributed by atoms with Gasteiger partial charge < -0.3 is 10.0 Å². The predicted molar refractivity (Wildman–Crippen MR) is 86.7 cm³/mol. The van der Waals surface area contributed by atoms with Crippen LogP contribution in [-0.4, -0.2) is 34.0 Å². The summed E-state index contributed by atoms with van der Waals surface area (Å²) in [6, 6.07) is 11.2. The molecule has 1 aromatic carbocycles. The summed E-state index contributed by atoms with van der Waals surface area (Å²) in [5.74, 6) is -0.0979. The average molecular weight is 298 g/mol. The Hall–Kier alpha value is -2.20. The summed E-state index contributed by atoms with van der Waals surface area (Å²) in [6.45, 7) is 6.54. The van der Waals surface area contributed by atoms with Gasteiger partial charge in [-0.25, -0.2) is 0 Å². The topological polar surface area (TPSA) is 53.4 Å². The maximum absolute atomic E-state index is 12.6. The van der Waals surface area contributed by atoms with Crippen LogP contribution in [0.5, 0.6) is 0 Å². The fourth-order valence-electron chi connectivity index (χ4n) is 2.34. The molecule has 4 heteroatoms. The summed E-state index contributed by atoms with van der Waals surface area (Å²) in [5, 5.41) is 10.4. The van der Waals surface area contributed by atoms with Gasteiger partial charge in [0, 0.05) is 18.4 Å². The van der Waals surface area contributed by atoms with Crippen molar-refractivity contribution in [3.63, 3.8) is 0 Å². The average Bonchev–Trinajstić information content (AvgIpc) is 2.53. The van der Waals surface area contributed by atoms with Crippen LogP contribution in [0.4, 0.5) is 0 Å². The van der Waals surface area contributed by atoms with E-state index in [2.05, 4.69) is 4.98 Å². The fourth-order valence-corrected chi connectivity index (χ4v) is 2.34. The first-order valence-corrected chi connectivity index (χ1v) is 7.48. The number of carbonyl (C=O) groups excluding carboxylic acids is 1. The van der Waals surface area contributed by atoms with Crippen molar-refractivity contribution >= 4 is 5.91 Å². The standard InChI is InChI=1S/C18H22N2O2/c1-4-20(18(22)16-6-5-11-19-14(16)3)12-17(21)15-9-7-13(2)8-10-15/h5-11,17,21H,4,12H2,1-3H3. The molecule has 116 valence electrons. The highest BCUT2D eigenvalue weighted by atomic mass is 16.3. The number of hydrogen-bond donors (Lipinski definition) is 1. The minimum absolute atomic E-state index is 0.0979. The second-order valence-electron chi connectivity index (χ2n) is 5.41. The third kappa shape index (κ3) is 3.71. The van der Waals surface area contributed by atoms with Crippen LogP contribution in [0.2, 0.25) is 0 Å². The maximum Gasteiger partial charge on any atom is 0.255 e. The molecular weight excluding hydrogens is 276 g/mol. The van der Waals surface area contributed by atoms with Crippen LogP contribution in [0.1, 0.15) is 40.2 Å². The molecule has 1 amide bonds. The number of aryl methyl sites for hydroxylation is 2. The fraction of sp³-hybridized carbons (Fsp3) is 0.333. The van der Waals surface area contributed by atoms with Crippen LogP contribution < -0.4 is 0 Å². The minimum Gasteiger partial charge on any atom is -0.387 e. The number of pyridine rings is 1. The minimum atomic E-state index is -0.693. The van der Waals surface area contributed by atoms with E-state index in [-0.39, 0.29) is 12.5 Å². The smallest absolute Gasteiger partial charge is 0.255 e. The molecule has 1 unspecified atom stereocenters. The summed E-state index contributed by atoms with van der Waals surface area (Å²) in [4.78, 5) is 18.4. The van der Waals surface area contributed by atoms with Crippen molar-refractivity contribution < 1.29 is 9.90 Å². The molecule has 2 rings (SSSR count). The Morgan fingerprint density at radius 1 is 1.23 bits per heavy atom. The zero-order valence-corrected chi connectivity index (χ0v) is 13.3. The van der Waals surface area contributed by atoms with Gasteiger partial charge >= 0.3 is 0 Å². The molecule has 22 heavy (non-hydrogen) atoms. The van der Waals surface area contributed by atoms with Crippen LogP contribution in [0.3, 0.4) is 0 Å². The van der Waals surface area contributed by atoms with E-state index in [1.807, 2.05) is 45.0 Å². The first-order valence-electron chi connectivity index (χ1n) is 7.48. The maximum atomic E-state index is 12.6. The van der Waals surface area contributed by atoms with Crippen molar-refractivity contribution in [2.45, 2.75) is 26.9 Å². The normalized spacial score (nSPS) is 12.0. The van der Waals surface area contributed by atoms with Crippen molar-refractivity contribution in [2.75, 3.05) is 13.1 Å². The lowest BCUT2D eigenvalue weighted by Crippen LogP contribution is -2.35. The molecule has 1 N–H and O–H groups in total. The van der Waals surface area contributed by atoms with Gasteiger partial charge in [-0.3, -0.25) is 9.78 Å². The first kappa shape index (κ1) is 16.2. The molecule has 0 saturated heterocycles. The van der Waals surface area contributed by atoms with E-state index in [4.69, 9.17) is 0 Å². The number of amides is 1. The summed E-state index contributed by atoms with van der Waals surface area (Å²) >= 11 is 0. The summed E-state index contributed by atoms with van der Waals surface area (Å²) < 4.78 is 0. The van der Waals surface area contributed by atoms with E-state index in [1.165, 1.54) is 0 Å². The SMILES string of the molecule is CCN(CC(O)c1ccc(C)cc1)C(=O)c1cccnc1C. The Morgan fingerprint density at radius 2 is 1.91 bits per heavy atom. The second-order valence-corrected chi connectivity index (χ2v) is 5.41. The van der Waals surface area contributed by atoms with Crippen molar-refractivity contribution in [3.05, 3.63) is 65.0 Å². The number of likely N-dealkylation sites (N-methyl/N-ethyl adjacent to an activating group) is 1. The molecule has 0 aliphatic carbocycles. The molecule has 0 fully saturated rings. The summed E-state index contributed by atoms with van der Waals surface area (Å²) in [7, 11) is 0. The zero-order chi connectivity index (χ0) is 16.1. The van der Waals surface area contributed by atoms with E-state index >= 15 is 0 Å². The second kappa shape index (κ2) is 7.18. The van der Waals surface area contributed by atoms with Gasteiger partial charge in [0.05, 0.1) is 18.2 Å². The Labute approximate surface area is 131 Å². The van der Waals surface area contributed by atoms with Crippen molar-refractivity contribution in [2.24, 2.45) is 0 Å². The number of hydrogen-bond acceptors (Lipinski definition) is 3. The summed E-state index contributed by atoms with van der Waals surface area (Å²) in [6.07, 6.45) is 0.977. The van der Waals surface area contributed by atoms with Gasteiger partial charge in [-0.2, -0.15) is 0 Å². The van der Waals surface area contributed by atoms with E-state index < -0.39 is 6.10 Å². The third-order valence-corrected chi connectivity index (χ3v) is 3.76. The van der Waals surface area contributed by atoms with Gasteiger partial charge in [0.2, 0.25) is 0 Å². The van der Waals surface area contributed by atoms with E-state index in [1.54, 1.807) is 23.2 Å². The van der Waals surface area contributed by atoms with E-state index in [0.717, 1.165) is 11.1 Å². The number of aromatic nitrogens is 1. The zero-order valence-electron chi connectivity index (χ0n) is 13.3. The molecule has 0 bridgehead atoms. The lowest BCUT2D eigenvalue weighted by molar-refractivity contribution is 0.0634. The Bertz CT molecular complexity index is 638. The van der Waals surface area contributed by atoms with Gasteiger partial charge in [0.15, 0.2) is 0 Å². The lowest BCUT2D eigenvalue weighted by Gasteiger charge is -2.24. The van der Waals surface area contributed by atoms with Crippen molar-refractivity contribution in [1.29, 1.82) is 0 Å². The Morgan fingerprint density at radius 3 is 2.50 bits per heavy atom. The number of aliphatic hydroxyl groups excluding tert-OH is 1. The van der Waals surface area contributed by atoms with Crippen LogP contribution in [0.25, 0.3) is 0 Å². The number of carbonyl (C=O) groups is 1. The lowest BCUT2D eigenvalue weighted by atomic mass is 10.1. The van der Waals surface area contributed by atoms with Crippen molar-refractivity contribution in [3.8, 4) is 0 Å². The van der Waals surface area contributed by atoms with Gasteiger partial charge in [-0.1, -0.05) is 29.8 Å². The highest BCUT2D eigenvalue weighted by Gasteiger charge is 2.20. The highest BCUT2D eigenvalue weighted by Crippen LogP contribution is 2.17. The van der Waals surface area contributed by atoms with E-state index in [0.29, 0.717) is 17.8 Å². The van der Waals surface area contributed by atoms with Crippen molar-refractivity contribution in [1.82, 2.24) is 9.88 Å². The van der Waals surface area contributed by atoms with Gasteiger partial charge in [0.1, 0.15) is 0 Å². The molecule has 2 aromatic rings. The molecule has 0 aliphatic heterocycles. The molecular formula is C18H22N2O2. The summed E-state index contributed by atoms with van der Waals surface area (Å²) in [5.41, 5.74) is 3.25. The number of aliphatic hydroxyl groups is 1. The Kier molecular flexibility index (Phi) is 5.28. The van der Waals surface area contributed by atoms with Crippen LogP contribution in [0.15, 0.2) is 42.6 Å². The molecule has 1 atom stereocenters. The van der Waals surface area contributed by atoms with Gasteiger partial charge in [-0.05, 0) is 38.5 Å². The molecule has 4 nitrogen and oxygen atoms in total. The number of benzene rings is 1. The Balaban J connectivity index is 2.13. The van der Waals surface area contributed by atoms with Gasteiger partial charge in [-0.15, -0.1) is 0 Å². The molecule has 0 saturated carbocycles. The molecule has 0 radical (unpaired) electrons. The first-order chi connectivity index (χ1) is 10.5. The van der Waals surface area contributed by atoms with Crippen LogP contribution in [-0.2, 0) is 0 Å². The molecule has 0 aliphatic rings. The number of rotatable bonds is 5. The molecule has 1 aromatic heterocycles. The monoisotopic (exact) mass is 298 g/mol. The predicted octanol–water partition coefficient (Wildman–Crippen LogP) is 2.89. The van der Waals surface area contributed by atoms with Crippen LogP contribution >= 0.6 is 0 Å². The highest BCUT2D eigenvalue weighted by molar-refractivity contribution is 5.95. The molecule has 1 heterocycles. The number of nitrogens with zero attached hydrogens (tertiary/aromatic N) is 2. The van der Waals surface area contributed by atoms with E-state index in [9.17, 15) is 9.90 Å². The quantitative estimate of drug-likeness (QED) is 0.923. The van der Waals surface area contributed by atoms with Gasteiger partial charge in [0.25, 0.3) is 5.91 Å². The largest absolute Gasteiger partial charge is 0.387 e. The third-order valence-electron chi connectivity index (χ3n) is 3.76. The van der Waals surface area contributed by atoms with Crippen LogP contribution in [0, 0.1) is 13.8 Å².